The van der Waals surface area contributed by atoms with E-state index in [0.717, 1.165) is 44.4 Å². The molecule has 3 rings (SSSR count). The molecule has 0 aromatic heterocycles. The van der Waals surface area contributed by atoms with Gasteiger partial charge >= 0.3 is 0 Å². The van der Waals surface area contributed by atoms with E-state index in [2.05, 4.69) is 39.5 Å². The Hall–Kier alpha value is -3.42. The molecule has 1 fully saturated rings. The molecule has 1 saturated heterocycles. The van der Waals surface area contributed by atoms with Gasteiger partial charge in [0.05, 0.1) is 20.8 Å². The van der Waals surface area contributed by atoms with Crippen LogP contribution < -0.4 is 25.0 Å². The monoisotopic (exact) mass is 439 g/mol. The quantitative estimate of drug-likeness (QED) is 0.373. The molecular weight excluding hydrogens is 406 g/mol. The number of nitrogens with one attached hydrogen (secondary N) is 2. The van der Waals surface area contributed by atoms with Gasteiger partial charge in [-0.2, -0.15) is 0 Å². The minimum Gasteiger partial charge on any atom is -0.497 e. The molecule has 0 unspecified atom stereocenters. The van der Waals surface area contributed by atoms with Gasteiger partial charge in [0.2, 0.25) is 0 Å². The summed E-state index contributed by atoms with van der Waals surface area (Å²) in [4.78, 5) is 21.7. The van der Waals surface area contributed by atoms with Crippen LogP contribution in [0.15, 0.2) is 53.5 Å². The average molecular weight is 440 g/mol. The molecule has 8 heteroatoms. The Morgan fingerprint density at radius 3 is 2.34 bits per heavy atom. The van der Waals surface area contributed by atoms with Crippen LogP contribution in [0.25, 0.3) is 0 Å². The molecule has 1 aliphatic heterocycles. The topological polar surface area (TPSA) is 78.4 Å². The maximum Gasteiger partial charge on any atom is 0.251 e. The van der Waals surface area contributed by atoms with E-state index in [1.165, 1.54) is 5.69 Å². The van der Waals surface area contributed by atoms with Crippen LogP contribution in [-0.2, 0) is 0 Å². The number of hydrogen-bond donors (Lipinski definition) is 2. The van der Waals surface area contributed by atoms with Crippen molar-refractivity contribution in [1.29, 1.82) is 0 Å². The van der Waals surface area contributed by atoms with Crippen LogP contribution in [0.2, 0.25) is 0 Å². The third-order valence-electron chi connectivity index (χ3n) is 5.32. The number of carbonyl (C=O) groups excluding carboxylic acids is 1. The smallest absolute Gasteiger partial charge is 0.251 e. The predicted octanol–water partition coefficient (Wildman–Crippen LogP) is 2.22. The number of benzene rings is 2. The number of amides is 1. The maximum atomic E-state index is 12.3. The molecule has 2 aromatic rings. The van der Waals surface area contributed by atoms with Crippen molar-refractivity contribution < 1.29 is 14.3 Å². The third-order valence-corrected chi connectivity index (χ3v) is 5.32. The summed E-state index contributed by atoms with van der Waals surface area (Å²) in [5.74, 6) is 2.29. The van der Waals surface area contributed by atoms with Gasteiger partial charge in [-0.05, 0) is 37.3 Å². The van der Waals surface area contributed by atoms with Crippen molar-refractivity contribution in [3.8, 4) is 11.5 Å². The van der Waals surface area contributed by atoms with E-state index in [9.17, 15) is 4.79 Å². The standard InChI is InChI=1S/C24H33N5O3/c1-4-25-24(27-12-11-26-23(30)19-7-5-9-21(17-19)31-2)29-15-13-28(14-16-29)20-8-6-10-22(18-20)32-3/h5-10,17-18H,4,11-16H2,1-3H3,(H,25,27)(H,26,30). The number of hydrogen-bond acceptors (Lipinski definition) is 5. The highest BCUT2D eigenvalue weighted by atomic mass is 16.5. The van der Waals surface area contributed by atoms with E-state index in [-0.39, 0.29) is 5.91 Å². The molecule has 0 radical (unpaired) electrons. The highest BCUT2D eigenvalue weighted by Crippen LogP contribution is 2.22. The Kier molecular flexibility index (Phi) is 8.60. The minimum atomic E-state index is -0.129. The molecule has 2 aromatic carbocycles. The van der Waals surface area contributed by atoms with Crippen molar-refractivity contribution in [3.63, 3.8) is 0 Å². The van der Waals surface area contributed by atoms with Crippen molar-refractivity contribution in [2.24, 2.45) is 4.99 Å². The summed E-state index contributed by atoms with van der Waals surface area (Å²) in [5.41, 5.74) is 1.75. The summed E-state index contributed by atoms with van der Waals surface area (Å²) < 4.78 is 10.5. The van der Waals surface area contributed by atoms with Crippen LogP contribution in [0.3, 0.4) is 0 Å². The van der Waals surface area contributed by atoms with E-state index in [1.54, 1.807) is 32.4 Å². The normalized spacial score (nSPS) is 14.2. The number of nitrogens with zero attached hydrogens (tertiary/aromatic N) is 3. The summed E-state index contributed by atoms with van der Waals surface area (Å²) in [6.45, 7) is 7.40. The fourth-order valence-electron chi connectivity index (χ4n) is 3.61. The van der Waals surface area contributed by atoms with Gasteiger partial charge in [-0.1, -0.05) is 12.1 Å². The molecule has 1 aliphatic rings. The zero-order chi connectivity index (χ0) is 22.8. The molecule has 0 atom stereocenters. The molecule has 0 aliphatic carbocycles. The van der Waals surface area contributed by atoms with E-state index < -0.39 is 0 Å². The lowest BCUT2D eigenvalue weighted by Gasteiger charge is -2.37. The highest BCUT2D eigenvalue weighted by molar-refractivity contribution is 5.94. The predicted molar refractivity (Wildman–Crippen MR) is 128 cm³/mol. The molecule has 8 nitrogen and oxygen atoms in total. The molecule has 0 spiro atoms. The first-order chi connectivity index (χ1) is 15.6. The fraction of sp³-hybridized carbons (Fsp3) is 0.417. The van der Waals surface area contributed by atoms with Crippen molar-refractivity contribution in [3.05, 3.63) is 54.1 Å². The number of guanidine groups is 1. The maximum absolute atomic E-state index is 12.3. The van der Waals surface area contributed by atoms with Gasteiger partial charge in [0.15, 0.2) is 5.96 Å². The largest absolute Gasteiger partial charge is 0.497 e. The summed E-state index contributed by atoms with van der Waals surface area (Å²) in [6.07, 6.45) is 0. The first kappa shape index (κ1) is 23.2. The lowest BCUT2D eigenvalue weighted by Crippen LogP contribution is -2.52. The van der Waals surface area contributed by atoms with Gasteiger partial charge < -0.3 is 29.9 Å². The van der Waals surface area contributed by atoms with Crippen molar-refractivity contribution in [2.45, 2.75) is 6.92 Å². The van der Waals surface area contributed by atoms with E-state index in [0.29, 0.717) is 24.4 Å². The Morgan fingerprint density at radius 2 is 1.66 bits per heavy atom. The van der Waals surface area contributed by atoms with Crippen LogP contribution in [0.5, 0.6) is 11.5 Å². The molecule has 32 heavy (non-hydrogen) atoms. The minimum absolute atomic E-state index is 0.129. The Labute approximate surface area is 190 Å². The highest BCUT2D eigenvalue weighted by Gasteiger charge is 2.20. The number of ether oxygens (including phenoxy) is 2. The van der Waals surface area contributed by atoms with Gasteiger partial charge in [-0.25, -0.2) is 0 Å². The second-order valence-corrected chi connectivity index (χ2v) is 7.40. The van der Waals surface area contributed by atoms with Gasteiger partial charge in [0.1, 0.15) is 11.5 Å². The Morgan fingerprint density at radius 1 is 0.969 bits per heavy atom. The summed E-state index contributed by atoms with van der Waals surface area (Å²) in [5, 5.41) is 6.29. The van der Waals surface area contributed by atoms with Gasteiger partial charge in [-0.3, -0.25) is 9.79 Å². The molecule has 0 bridgehead atoms. The molecule has 1 amide bonds. The van der Waals surface area contributed by atoms with E-state index >= 15 is 0 Å². The molecule has 172 valence electrons. The van der Waals surface area contributed by atoms with Crippen molar-refractivity contribution >= 4 is 17.6 Å². The van der Waals surface area contributed by atoms with Crippen LogP contribution >= 0.6 is 0 Å². The molecule has 2 N–H and O–H groups in total. The first-order valence-electron chi connectivity index (χ1n) is 11.0. The zero-order valence-electron chi connectivity index (χ0n) is 19.1. The summed E-state index contributed by atoms with van der Waals surface area (Å²) >= 11 is 0. The van der Waals surface area contributed by atoms with Gasteiger partial charge in [-0.15, -0.1) is 0 Å². The number of rotatable bonds is 8. The fourth-order valence-corrected chi connectivity index (χ4v) is 3.61. The number of methoxy groups -OCH3 is 2. The average Bonchev–Trinajstić information content (AvgIpc) is 2.86. The number of carbonyl (C=O) groups is 1. The van der Waals surface area contributed by atoms with Crippen molar-refractivity contribution in [1.82, 2.24) is 15.5 Å². The van der Waals surface area contributed by atoms with E-state index in [4.69, 9.17) is 14.5 Å². The lowest BCUT2D eigenvalue weighted by atomic mass is 10.2. The Balaban J connectivity index is 1.50. The molecule has 1 heterocycles. The first-order valence-corrected chi connectivity index (χ1v) is 11.0. The molecular formula is C24H33N5O3. The van der Waals surface area contributed by atoms with Gasteiger partial charge in [0.25, 0.3) is 5.91 Å². The number of aliphatic imine (C=N–C) groups is 1. The van der Waals surface area contributed by atoms with Crippen LogP contribution in [0.4, 0.5) is 5.69 Å². The number of anilines is 1. The van der Waals surface area contributed by atoms with Crippen LogP contribution in [0.1, 0.15) is 17.3 Å². The molecule has 0 saturated carbocycles. The van der Waals surface area contributed by atoms with Crippen molar-refractivity contribution in [2.75, 3.05) is 64.9 Å². The number of piperazine rings is 1. The SMILES string of the molecule is CCNC(=NCCNC(=O)c1cccc(OC)c1)N1CCN(c2cccc(OC)c2)CC1. The van der Waals surface area contributed by atoms with Gasteiger partial charge in [0, 0.05) is 56.6 Å². The second kappa shape index (κ2) is 11.8. The van der Waals surface area contributed by atoms with Crippen LogP contribution in [0, 0.1) is 0 Å². The third kappa shape index (κ3) is 6.29. The summed E-state index contributed by atoms with van der Waals surface area (Å²) in [7, 11) is 3.28. The second-order valence-electron chi connectivity index (χ2n) is 7.40. The zero-order valence-corrected chi connectivity index (χ0v) is 19.1. The lowest BCUT2D eigenvalue weighted by molar-refractivity contribution is 0.0954. The van der Waals surface area contributed by atoms with Crippen LogP contribution in [-0.4, -0.2) is 76.8 Å². The van der Waals surface area contributed by atoms with E-state index in [1.807, 2.05) is 18.2 Å². The Bertz CT molecular complexity index is 910. The summed E-state index contributed by atoms with van der Waals surface area (Å²) in [6, 6.07) is 15.3.